The van der Waals surface area contributed by atoms with Crippen molar-refractivity contribution in [3.05, 3.63) is 47.0 Å². The van der Waals surface area contributed by atoms with Crippen LogP contribution in [0.1, 0.15) is 26.6 Å². The van der Waals surface area contributed by atoms with E-state index >= 15 is 0 Å². The minimum Gasteiger partial charge on any atom is -0.488 e. The van der Waals surface area contributed by atoms with Crippen LogP contribution in [0.25, 0.3) is 0 Å². The molecule has 1 atom stereocenters. The summed E-state index contributed by atoms with van der Waals surface area (Å²) in [5, 5.41) is 6.60. The number of ether oxygens (including phenoxy) is 1. The Morgan fingerprint density at radius 2 is 2.00 bits per heavy atom. The van der Waals surface area contributed by atoms with Crippen molar-refractivity contribution in [2.24, 2.45) is 10.9 Å². The number of benzene rings is 1. The van der Waals surface area contributed by atoms with Crippen LogP contribution in [0.2, 0.25) is 0 Å². The Morgan fingerprint density at radius 3 is 2.67 bits per heavy atom. The number of imidazole rings is 1. The molecule has 1 unspecified atom stereocenters. The van der Waals surface area contributed by atoms with Gasteiger partial charge < -0.3 is 19.9 Å². The topological polar surface area (TPSA) is 63.5 Å². The summed E-state index contributed by atoms with van der Waals surface area (Å²) in [5.74, 6) is 3.14. The predicted octanol–water partition coefficient (Wildman–Crippen LogP) is 4.05. The van der Waals surface area contributed by atoms with Gasteiger partial charge in [-0.05, 0) is 40.9 Å². The van der Waals surface area contributed by atoms with Crippen LogP contribution >= 0.6 is 39.9 Å². The largest absolute Gasteiger partial charge is 0.488 e. The Balaban J connectivity index is 0.00000364. The van der Waals surface area contributed by atoms with Gasteiger partial charge in [0.05, 0.1) is 17.6 Å². The first kappa shape index (κ1) is 23.7. The standard InChI is InChI=1S/C19H28BrN5O.HI/c1-14(2)13-25-10-9-22-18(25)12-24-19(21-4)23-11-15(3)26-17-8-6-5-7-16(17)20;/h5-10,14-15H,11-13H2,1-4H3,(H2,21,23,24);1H. The number of halogens is 2. The van der Waals surface area contributed by atoms with Crippen LogP contribution < -0.4 is 15.4 Å². The molecule has 1 heterocycles. The van der Waals surface area contributed by atoms with E-state index in [1.54, 1.807) is 7.05 Å². The minimum atomic E-state index is -0.00447. The van der Waals surface area contributed by atoms with Crippen LogP contribution in [0.15, 0.2) is 46.1 Å². The molecule has 2 N–H and O–H groups in total. The van der Waals surface area contributed by atoms with Gasteiger partial charge in [0.15, 0.2) is 5.96 Å². The number of aromatic nitrogens is 2. The van der Waals surface area contributed by atoms with Crippen LogP contribution in [0.3, 0.4) is 0 Å². The van der Waals surface area contributed by atoms with Crippen LogP contribution in [-0.2, 0) is 13.1 Å². The maximum atomic E-state index is 5.94. The highest BCUT2D eigenvalue weighted by molar-refractivity contribution is 14.0. The lowest BCUT2D eigenvalue weighted by molar-refractivity contribution is 0.222. The second kappa shape index (κ2) is 12.2. The molecule has 0 aliphatic rings. The summed E-state index contributed by atoms with van der Waals surface area (Å²) < 4.78 is 9.07. The van der Waals surface area contributed by atoms with Gasteiger partial charge in [0.2, 0.25) is 0 Å². The number of nitrogens with zero attached hydrogens (tertiary/aromatic N) is 3. The molecule has 1 aromatic heterocycles. The van der Waals surface area contributed by atoms with Crippen LogP contribution in [0.5, 0.6) is 5.75 Å². The summed E-state index contributed by atoms with van der Waals surface area (Å²) in [6, 6.07) is 7.84. The number of nitrogens with one attached hydrogen (secondary N) is 2. The Kier molecular flexibility index (Phi) is 10.8. The van der Waals surface area contributed by atoms with E-state index in [-0.39, 0.29) is 30.1 Å². The Morgan fingerprint density at radius 1 is 1.26 bits per heavy atom. The fourth-order valence-electron chi connectivity index (χ4n) is 2.49. The highest BCUT2D eigenvalue weighted by Crippen LogP contribution is 2.24. The van der Waals surface area contributed by atoms with Gasteiger partial charge in [-0.3, -0.25) is 4.99 Å². The van der Waals surface area contributed by atoms with Crippen molar-refractivity contribution in [3.63, 3.8) is 0 Å². The molecule has 0 spiro atoms. The van der Waals surface area contributed by atoms with Gasteiger partial charge in [-0.25, -0.2) is 4.98 Å². The summed E-state index contributed by atoms with van der Waals surface area (Å²) in [7, 11) is 1.76. The van der Waals surface area contributed by atoms with Crippen molar-refractivity contribution < 1.29 is 4.74 Å². The van der Waals surface area contributed by atoms with E-state index in [2.05, 4.69) is 55.0 Å². The molecule has 150 valence electrons. The molecule has 8 heteroatoms. The van der Waals surface area contributed by atoms with E-state index in [4.69, 9.17) is 4.74 Å². The van der Waals surface area contributed by atoms with Crippen LogP contribution in [0.4, 0.5) is 0 Å². The zero-order valence-electron chi connectivity index (χ0n) is 16.3. The van der Waals surface area contributed by atoms with Gasteiger partial charge in [-0.1, -0.05) is 26.0 Å². The third kappa shape index (κ3) is 8.08. The average Bonchev–Trinajstić information content (AvgIpc) is 3.03. The van der Waals surface area contributed by atoms with E-state index in [9.17, 15) is 0 Å². The maximum Gasteiger partial charge on any atom is 0.191 e. The summed E-state index contributed by atoms with van der Waals surface area (Å²) >= 11 is 3.50. The monoisotopic (exact) mass is 549 g/mol. The van der Waals surface area contributed by atoms with E-state index < -0.39 is 0 Å². The van der Waals surface area contributed by atoms with Crippen molar-refractivity contribution in [1.82, 2.24) is 20.2 Å². The van der Waals surface area contributed by atoms with Gasteiger partial charge in [0, 0.05) is 26.0 Å². The molecule has 1 aromatic carbocycles. The van der Waals surface area contributed by atoms with E-state index in [1.807, 2.05) is 43.6 Å². The van der Waals surface area contributed by atoms with Gasteiger partial charge in [-0.2, -0.15) is 0 Å². The number of para-hydroxylation sites is 1. The zero-order chi connectivity index (χ0) is 18.9. The first-order valence-corrected chi connectivity index (χ1v) is 9.64. The minimum absolute atomic E-state index is 0. The van der Waals surface area contributed by atoms with Gasteiger partial charge >= 0.3 is 0 Å². The zero-order valence-corrected chi connectivity index (χ0v) is 20.2. The fraction of sp³-hybridized carbons (Fsp3) is 0.474. The number of hydrogen-bond acceptors (Lipinski definition) is 3. The molecule has 0 saturated carbocycles. The van der Waals surface area contributed by atoms with Crippen molar-refractivity contribution in [2.45, 2.75) is 40.0 Å². The third-order valence-corrected chi connectivity index (χ3v) is 4.38. The fourth-order valence-corrected chi connectivity index (χ4v) is 2.87. The van der Waals surface area contributed by atoms with Gasteiger partial charge in [-0.15, -0.1) is 24.0 Å². The highest BCUT2D eigenvalue weighted by Gasteiger charge is 2.09. The Hall–Kier alpha value is -1.29. The second-order valence-corrected chi connectivity index (χ2v) is 7.41. The number of aliphatic imine (C=N–C) groups is 1. The molecule has 0 amide bonds. The highest BCUT2D eigenvalue weighted by atomic mass is 127. The molecule has 27 heavy (non-hydrogen) atoms. The first-order valence-electron chi connectivity index (χ1n) is 8.85. The molecule has 0 aliphatic heterocycles. The lowest BCUT2D eigenvalue weighted by Crippen LogP contribution is -2.41. The van der Waals surface area contributed by atoms with E-state index in [1.165, 1.54) is 0 Å². The quantitative estimate of drug-likeness (QED) is 0.296. The molecule has 6 nitrogen and oxygen atoms in total. The third-order valence-electron chi connectivity index (χ3n) is 3.72. The van der Waals surface area contributed by atoms with Crippen molar-refractivity contribution in [2.75, 3.05) is 13.6 Å². The molecule has 0 radical (unpaired) electrons. The molecular weight excluding hydrogens is 521 g/mol. The first-order chi connectivity index (χ1) is 12.5. The van der Waals surface area contributed by atoms with Crippen molar-refractivity contribution in [1.29, 1.82) is 0 Å². The summed E-state index contributed by atoms with van der Waals surface area (Å²) in [5.41, 5.74) is 0. The van der Waals surface area contributed by atoms with E-state index in [0.29, 0.717) is 19.0 Å². The molecule has 2 rings (SSSR count). The molecule has 0 fully saturated rings. The maximum absolute atomic E-state index is 5.94. The molecule has 0 aliphatic carbocycles. The van der Waals surface area contributed by atoms with Crippen molar-refractivity contribution in [3.8, 4) is 5.75 Å². The van der Waals surface area contributed by atoms with Gasteiger partial charge in [0.25, 0.3) is 0 Å². The lowest BCUT2D eigenvalue weighted by atomic mass is 10.2. The second-order valence-electron chi connectivity index (χ2n) is 6.56. The SMILES string of the molecule is CN=C(NCc1nccn1CC(C)C)NCC(C)Oc1ccccc1Br.I. The summed E-state index contributed by atoms with van der Waals surface area (Å²) in [6.07, 6.45) is 3.85. The van der Waals surface area contributed by atoms with Gasteiger partial charge in [0.1, 0.15) is 17.7 Å². The summed E-state index contributed by atoms with van der Waals surface area (Å²) in [6.45, 7) is 8.64. The van der Waals surface area contributed by atoms with Crippen LogP contribution in [-0.4, -0.2) is 35.2 Å². The number of hydrogen-bond donors (Lipinski definition) is 2. The lowest BCUT2D eigenvalue weighted by Gasteiger charge is -2.18. The van der Waals surface area contributed by atoms with Crippen molar-refractivity contribution >= 4 is 45.9 Å². The molecule has 2 aromatic rings. The summed E-state index contributed by atoms with van der Waals surface area (Å²) in [4.78, 5) is 8.69. The Bertz CT molecular complexity index is 720. The molecule has 0 saturated heterocycles. The number of rotatable bonds is 8. The average molecular weight is 550 g/mol. The Labute approximate surface area is 187 Å². The van der Waals surface area contributed by atoms with Crippen LogP contribution in [0, 0.1) is 5.92 Å². The molecule has 0 bridgehead atoms. The van der Waals surface area contributed by atoms with E-state index in [0.717, 1.165) is 28.6 Å². The smallest absolute Gasteiger partial charge is 0.191 e. The molecular formula is C19H29BrIN5O. The number of guanidine groups is 1. The predicted molar refractivity (Wildman–Crippen MR) is 125 cm³/mol. The normalized spacial score (nSPS) is 12.4.